The van der Waals surface area contributed by atoms with Gasteiger partial charge in [-0.05, 0) is 5.56 Å². The van der Waals surface area contributed by atoms with E-state index in [2.05, 4.69) is 5.32 Å². The van der Waals surface area contributed by atoms with Crippen molar-refractivity contribution in [3.63, 3.8) is 0 Å². The van der Waals surface area contributed by atoms with Crippen molar-refractivity contribution < 1.29 is 13.9 Å². The van der Waals surface area contributed by atoms with Gasteiger partial charge in [0, 0.05) is 12.0 Å². The van der Waals surface area contributed by atoms with Crippen LogP contribution in [0.15, 0.2) is 30.3 Å². The first-order valence-electron chi connectivity index (χ1n) is 5.54. The molecule has 0 saturated heterocycles. The van der Waals surface area contributed by atoms with Crippen LogP contribution in [0.4, 0.5) is 9.18 Å². The van der Waals surface area contributed by atoms with Gasteiger partial charge in [-0.25, -0.2) is 4.79 Å². The van der Waals surface area contributed by atoms with Crippen LogP contribution in [0, 0.1) is 5.41 Å². The Hall–Kier alpha value is -1.58. The maximum Gasteiger partial charge on any atom is 0.407 e. The van der Waals surface area contributed by atoms with Crippen LogP contribution < -0.4 is 5.32 Å². The highest BCUT2D eigenvalue weighted by molar-refractivity contribution is 5.67. The summed E-state index contributed by atoms with van der Waals surface area (Å²) in [6.07, 6.45) is -0.518. The minimum Gasteiger partial charge on any atom is -0.445 e. The minimum absolute atomic E-state index is 0.225. The summed E-state index contributed by atoms with van der Waals surface area (Å²) in [6.45, 7) is 3.49. The van der Waals surface area contributed by atoms with Crippen molar-refractivity contribution in [3.05, 3.63) is 35.9 Å². The summed E-state index contributed by atoms with van der Waals surface area (Å²) in [5.41, 5.74) is 0.374. The van der Waals surface area contributed by atoms with E-state index in [0.717, 1.165) is 5.56 Å². The van der Waals surface area contributed by atoms with E-state index in [1.54, 1.807) is 13.8 Å². The van der Waals surface area contributed by atoms with Gasteiger partial charge >= 0.3 is 6.09 Å². The summed E-state index contributed by atoms with van der Waals surface area (Å²) in [7, 11) is 0. The Morgan fingerprint density at radius 1 is 1.35 bits per heavy atom. The lowest BCUT2D eigenvalue weighted by atomic mass is 9.96. The van der Waals surface area contributed by atoms with E-state index in [4.69, 9.17) is 4.74 Å². The molecule has 1 rings (SSSR count). The Labute approximate surface area is 101 Å². The molecule has 0 saturated carbocycles. The Bertz CT molecular complexity index is 352. The van der Waals surface area contributed by atoms with Crippen LogP contribution in [-0.4, -0.2) is 19.3 Å². The van der Waals surface area contributed by atoms with E-state index in [9.17, 15) is 9.18 Å². The second-order valence-electron chi connectivity index (χ2n) is 4.71. The monoisotopic (exact) mass is 239 g/mol. The Kier molecular flexibility index (Phi) is 4.94. The average molecular weight is 239 g/mol. The molecule has 0 aliphatic heterocycles. The Morgan fingerprint density at radius 2 is 2.00 bits per heavy atom. The molecule has 1 amide bonds. The van der Waals surface area contributed by atoms with Crippen molar-refractivity contribution in [1.82, 2.24) is 5.32 Å². The molecule has 1 aromatic rings. The Morgan fingerprint density at radius 3 is 2.59 bits per heavy atom. The van der Waals surface area contributed by atoms with E-state index in [-0.39, 0.29) is 13.2 Å². The maximum absolute atomic E-state index is 12.5. The van der Waals surface area contributed by atoms with Gasteiger partial charge in [0.15, 0.2) is 0 Å². The van der Waals surface area contributed by atoms with Gasteiger partial charge in [-0.1, -0.05) is 44.2 Å². The molecular formula is C13H18FNO2. The van der Waals surface area contributed by atoms with Crippen LogP contribution >= 0.6 is 0 Å². The number of alkyl carbamates (subject to hydrolysis) is 1. The van der Waals surface area contributed by atoms with Gasteiger partial charge in [-0.2, -0.15) is 0 Å². The van der Waals surface area contributed by atoms with Gasteiger partial charge in [-0.3, -0.25) is 4.39 Å². The SMILES string of the molecule is CC(C)(CF)CNC(=O)OCc1ccccc1. The van der Waals surface area contributed by atoms with E-state index in [0.29, 0.717) is 0 Å². The second-order valence-corrected chi connectivity index (χ2v) is 4.71. The van der Waals surface area contributed by atoms with Crippen molar-refractivity contribution in [1.29, 1.82) is 0 Å². The largest absolute Gasteiger partial charge is 0.445 e. The molecule has 0 unspecified atom stereocenters. The lowest BCUT2D eigenvalue weighted by molar-refractivity contribution is 0.132. The highest BCUT2D eigenvalue weighted by atomic mass is 19.1. The third kappa shape index (κ3) is 5.33. The molecule has 4 heteroatoms. The molecule has 0 fully saturated rings. The molecule has 0 aliphatic carbocycles. The highest BCUT2D eigenvalue weighted by Crippen LogP contribution is 2.13. The predicted octanol–water partition coefficient (Wildman–Crippen LogP) is 2.91. The fourth-order valence-corrected chi connectivity index (χ4v) is 1.13. The van der Waals surface area contributed by atoms with Gasteiger partial charge < -0.3 is 10.1 Å². The molecular weight excluding hydrogens is 221 g/mol. The van der Waals surface area contributed by atoms with Crippen molar-refractivity contribution in [2.24, 2.45) is 5.41 Å². The molecule has 1 N–H and O–H groups in total. The summed E-state index contributed by atoms with van der Waals surface area (Å²) in [4.78, 5) is 11.3. The third-order valence-electron chi connectivity index (χ3n) is 2.29. The molecule has 0 atom stereocenters. The molecule has 0 aromatic heterocycles. The standard InChI is InChI=1S/C13H18FNO2/c1-13(2,9-14)10-15-12(16)17-8-11-6-4-3-5-7-11/h3-7H,8-10H2,1-2H3,(H,15,16). The van der Waals surface area contributed by atoms with Gasteiger partial charge in [0.2, 0.25) is 0 Å². The zero-order chi connectivity index (χ0) is 12.7. The van der Waals surface area contributed by atoms with Crippen LogP contribution in [0.2, 0.25) is 0 Å². The number of ether oxygens (including phenoxy) is 1. The van der Waals surface area contributed by atoms with E-state index < -0.39 is 18.2 Å². The number of halogens is 1. The maximum atomic E-state index is 12.5. The predicted molar refractivity (Wildman–Crippen MR) is 64.4 cm³/mol. The van der Waals surface area contributed by atoms with Crippen LogP contribution in [0.3, 0.4) is 0 Å². The van der Waals surface area contributed by atoms with Gasteiger partial charge in [0.05, 0.1) is 6.67 Å². The van der Waals surface area contributed by atoms with Crippen molar-refractivity contribution in [3.8, 4) is 0 Å². The second kappa shape index (κ2) is 6.23. The van der Waals surface area contributed by atoms with Crippen molar-refractivity contribution in [2.75, 3.05) is 13.2 Å². The summed E-state index contributed by atoms with van der Waals surface area (Å²) in [5, 5.41) is 2.54. The fraction of sp³-hybridized carbons (Fsp3) is 0.462. The highest BCUT2D eigenvalue weighted by Gasteiger charge is 2.18. The fourth-order valence-electron chi connectivity index (χ4n) is 1.13. The van der Waals surface area contributed by atoms with Crippen molar-refractivity contribution in [2.45, 2.75) is 20.5 Å². The number of hydrogen-bond donors (Lipinski definition) is 1. The average Bonchev–Trinajstić information content (AvgIpc) is 2.35. The molecule has 0 aliphatic rings. The number of alkyl halides is 1. The van der Waals surface area contributed by atoms with E-state index in [1.807, 2.05) is 30.3 Å². The number of amides is 1. The summed E-state index contributed by atoms with van der Waals surface area (Å²) >= 11 is 0. The summed E-state index contributed by atoms with van der Waals surface area (Å²) < 4.78 is 17.5. The minimum atomic E-state index is -0.550. The summed E-state index contributed by atoms with van der Waals surface area (Å²) in [5.74, 6) is 0. The number of carbonyl (C=O) groups is 1. The topological polar surface area (TPSA) is 38.3 Å². The molecule has 0 bridgehead atoms. The van der Waals surface area contributed by atoms with Crippen LogP contribution in [0.25, 0.3) is 0 Å². The number of carbonyl (C=O) groups excluding carboxylic acids is 1. The molecule has 0 heterocycles. The molecule has 3 nitrogen and oxygen atoms in total. The van der Waals surface area contributed by atoms with E-state index in [1.165, 1.54) is 0 Å². The zero-order valence-corrected chi connectivity index (χ0v) is 10.2. The first-order chi connectivity index (χ1) is 8.03. The first kappa shape index (κ1) is 13.5. The zero-order valence-electron chi connectivity index (χ0n) is 10.2. The molecule has 94 valence electrons. The molecule has 0 radical (unpaired) electrons. The van der Waals surface area contributed by atoms with Gasteiger partial charge in [0.25, 0.3) is 0 Å². The van der Waals surface area contributed by atoms with Crippen LogP contribution in [-0.2, 0) is 11.3 Å². The Balaban J connectivity index is 2.27. The number of benzene rings is 1. The number of nitrogens with one attached hydrogen (secondary N) is 1. The lowest BCUT2D eigenvalue weighted by Gasteiger charge is -2.20. The number of hydrogen-bond acceptors (Lipinski definition) is 2. The molecule has 0 spiro atoms. The van der Waals surface area contributed by atoms with Gasteiger partial charge in [0.1, 0.15) is 6.61 Å². The van der Waals surface area contributed by atoms with E-state index >= 15 is 0 Å². The van der Waals surface area contributed by atoms with Crippen LogP contribution in [0.1, 0.15) is 19.4 Å². The first-order valence-corrected chi connectivity index (χ1v) is 5.54. The quantitative estimate of drug-likeness (QED) is 0.858. The third-order valence-corrected chi connectivity index (χ3v) is 2.29. The van der Waals surface area contributed by atoms with Gasteiger partial charge in [-0.15, -0.1) is 0 Å². The molecule has 17 heavy (non-hydrogen) atoms. The smallest absolute Gasteiger partial charge is 0.407 e. The van der Waals surface area contributed by atoms with Crippen molar-refractivity contribution >= 4 is 6.09 Å². The molecule has 1 aromatic carbocycles. The summed E-state index contributed by atoms with van der Waals surface area (Å²) in [6, 6.07) is 9.40. The normalized spacial score (nSPS) is 11.0. The lowest BCUT2D eigenvalue weighted by Crippen LogP contribution is -2.35. The number of rotatable bonds is 5. The van der Waals surface area contributed by atoms with Crippen LogP contribution in [0.5, 0.6) is 0 Å².